The van der Waals surface area contributed by atoms with E-state index in [-0.39, 0.29) is 0 Å². The van der Waals surface area contributed by atoms with Crippen LogP contribution >= 0.6 is 15.9 Å². The van der Waals surface area contributed by atoms with Gasteiger partial charge in [-0.05, 0) is 40.9 Å². The van der Waals surface area contributed by atoms with Crippen molar-refractivity contribution in [3.8, 4) is 0 Å². The molecule has 1 saturated heterocycles. The van der Waals surface area contributed by atoms with Crippen LogP contribution in [0, 0.1) is 0 Å². The van der Waals surface area contributed by atoms with Crippen molar-refractivity contribution in [3.05, 3.63) is 29.0 Å². The zero-order chi connectivity index (χ0) is 11.0. The van der Waals surface area contributed by atoms with Crippen molar-refractivity contribution in [1.82, 2.24) is 9.97 Å². The molecule has 0 spiro atoms. The van der Waals surface area contributed by atoms with Crippen LogP contribution < -0.4 is 4.90 Å². The predicted molar refractivity (Wildman–Crippen MR) is 68.7 cm³/mol. The topological polar surface area (TPSA) is 29.0 Å². The van der Waals surface area contributed by atoms with E-state index in [1.165, 1.54) is 18.5 Å². The molecule has 82 valence electrons. The first-order valence-corrected chi connectivity index (χ1v) is 6.29. The second kappa shape index (κ2) is 4.01. The number of anilines is 1. The molecule has 2 aromatic rings. The molecule has 3 nitrogen and oxygen atoms in total. The number of halogens is 1. The van der Waals surface area contributed by atoms with E-state index in [0.717, 1.165) is 28.6 Å². The van der Waals surface area contributed by atoms with Crippen LogP contribution in [0.2, 0.25) is 0 Å². The van der Waals surface area contributed by atoms with Crippen molar-refractivity contribution in [3.63, 3.8) is 0 Å². The number of hydrogen-bond donors (Lipinski definition) is 0. The minimum atomic E-state index is 0.957. The minimum Gasteiger partial charge on any atom is -0.370 e. The highest BCUT2D eigenvalue weighted by Gasteiger charge is 2.15. The van der Waals surface area contributed by atoms with E-state index in [1.54, 1.807) is 0 Å². The molecule has 0 bridgehead atoms. The smallest absolute Gasteiger partial charge is 0.112 e. The quantitative estimate of drug-likeness (QED) is 0.803. The Hall–Kier alpha value is -1.16. The lowest BCUT2D eigenvalue weighted by atomic mass is 10.2. The average Bonchev–Trinajstić information content (AvgIpc) is 2.81. The summed E-state index contributed by atoms with van der Waals surface area (Å²) in [4.78, 5) is 11.2. The Kier molecular flexibility index (Phi) is 2.52. The summed E-state index contributed by atoms with van der Waals surface area (Å²) in [6.45, 7) is 2.27. The van der Waals surface area contributed by atoms with Crippen LogP contribution in [0.15, 0.2) is 29.0 Å². The Morgan fingerprint density at radius 2 is 2.00 bits per heavy atom. The maximum atomic E-state index is 4.47. The van der Waals surface area contributed by atoms with Crippen LogP contribution in [0.4, 0.5) is 5.69 Å². The predicted octanol–water partition coefficient (Wildman–Crippen LogP) is 2.99. The van der Waals surface area contributed by atoms with Gasteiger partial charge in [-0.1, -0.05) is 0 Å². The maximum Gasteiger partial charge on any atom is 0.112 e. The van der Waals surface area contributed by atoms with Gasteiger partial charge in [0, 0.05) is 30.0 Å². The molecule has 0 radical (unpaired) electrons. The van der Waals surface area contributed by atoms with Gasteiger partial charge < -0.3 is 4.90 Å². The van der Waals surface area contributed by atoms with Crippen molar-refractivity contribution < 1.29 is 0 Å². The first-order chi connectivity index (χ1) is 7.84. The van der Waals surface area contributed by atoms with E-state index >= 15 is 0 Å². The van der Waals surface area contributed by atoms with E-state index in [1.807, 2.05) is 18.5 Å². The average molecular weight is 278 g/mol. The van der Waals surface area contributed by atoms with Crippen molar-refractivity contribution in [1.29, 1.82) is 0 Å². The second-order valence-corrected chi connectivity index (χ2v) is 4.96. The fraction of sp³-hybridized carbons (Fsp3) is 0.333. The molecule has 0 unspecified atom stereocenters. The van der Waals surface area contributed by atoms with Crippen molar-refractivity contribution in [2.75, 3.05) is 18.0 Å². The molecule has 0 aliphatic carbocycles. The van der Waals surface area contributed by atoms with E-state index in [9.17, 15) is 0 Å². The van der Waals surface area contributed by atoms with Crippen LogP contribution in [0.5, 0.6) is 0 Å². The first-order valence-electron chi connectivity index (χ1n) is 5.50. The molecule has 3 heterocycles. The number of hydrogen-bond acceptors (Lipinski definition) is 3. The van der Waals surface area contributed by atoms with Gasteiger partial charge in [0.15, 0.2) is 0 Å². The van der Waals surface area contributed by atoms with E-state index < -0.39 is 0 Å². The lowest BCUT2D eigenvalue weighted by molar-refractivity contribution is 0.949. The fourth-order valence-corrected chi connectivity index (χ4v) is 2.52. The standard InChI is InChI=1S/C12H12BrN3/c13-9-7-10-12(15-8-9)11(3-4-14-10)16-5-1-2-6-16/h3-4,7-8H,1-2,5-6H2. The Labute approximate surface area is 103 Å². The van der Waals surface area contributed by atoms with Gasteiger partial charge in [0.2, 0.25) is 0 Å². The molecule has 0 aromatic carbocycles. The molecule has 1 fully saturated rings. The largest absolute Gasteiger partial charge is 0.370 e. The first kappa shape index (κ1) is 10.0. The molecule has 0 N–H and O–H groups in total. The van der Waals surface area contributed by atoms with Crippen LogP contribution in [-0.2, 0) is 0 Å². The summed E-state index contributed by atoms with van der Waals surface area (Å²) in [5.74, 6) is 0. The van der Waals surface area contributed by atoms with E-state index in [4.69, 9.17) is 0 Å². The number of fused-ring (bicyclic) bond motifs is 1. The van der Waals surface area contributed by atoms with Gasteiger partial charge in [0.25, 0.3) is 0 Å². The third kappa shape index (κ3) is 1.67. The van der Waals surface area contributed by atoms with Crippen molar-refractivity contribution in [2.24, 2.45) is 0 Å². The molecule has 4 heteroatoms. The fourth-order valence-electron chi connectivity index (χ4n) is 2.20. The number of nitrogens with zero attached hydrogens (tertiary/aromatic N) is 3. The maximum absolute atomic E-state index is 4.47. The van der Waals surface area contributed by atoms with Crippen molar-refractivity contribution in [2.45, 2.75) is 12.8 Å². The zero-order valence-corrected chi connectivity index (χ0v) is 10.4. The lowest BCUT2D eigenvalue weighted by Gasteiger charge is -2.18. The number of rotatable bonds is 1. The summed E-state index contributed by atoms with van der Waals surface area (Å²) < 4.78 is 0.978. The Morgan fingerprint density at radius 1 is 1.19 bits per heavy atom. The van der Waals surface area contributed by atoms with E-state index in [2.05, 4.69) is 36.9 Å². The third-order valence-corrected chi connectivity index (χ3v) is 3.40. The van der Waals surface area contributed by atoms with Gasteiger partial charge in [-0.25, -0.2) is 0 Å². The molecule has 0 amide bonds. The molecule has 16 heavy (non-hydrogen) atoms. The van der Waals surface area contributed by atoms with Gasteiger partial charge in [-0.3, -0.25) is 9.97 Å². The molecule has 0 saturated carbocycles. The Balaban J connectivity index is 2.16. The summed E-state index contributed by atoms with van der Waals surface area (Å²) in [5, 5.41) is 0. The van der Waals surface area contributed by atoms with Gasteiger partial charge in [0.05, 0.1) is 11.2 Å². The summed E-state index contributed by atoms with van der Waals surface area (Å²) >= 11 is 3.42. The normalized spacial score (nSPS) is 15.9. The van der Waals surface area contributed by atoms with Gasteiger partial charge in [0.1, 0.15) is 5.52 Å². The van der Waals surface area contributed by atoms with Crippen LogP contribution in [0.3, 0.4) is 0 Å². The second-order valence-electron chi connectivity index (χ2n) is 4.05. The highest BCUT2D eigenvalue weighted by molar-refractivity contribution is 9.10. The highest BCUT2D eigenvalue weighted by atomic mass is 79.9. The SMILES string of the molecule is Brc1cnc2c(N3CCCC3)ccnc2c1. The molecule has 3 rings (SSSR count). The minimum absolute atomic E-state index is 0.957. The summed E-state index contributed by atoms with van der Waals surface area (Å²) in [7, 11) is 0. The lowest BCUT2D eigenvalue weighted by Crippen LogP contribution is -2.18. The zero-order valence-electron chi connectivity index (χ0n) is 8.86. The molecule has 0 atom stereocenters. The highest BCUT2D eigenvalue weighted by Crippen LogP contribution is 2.27. The van der Waals surface area contributed by atoms with E-state index in [0.29, 0.717) is 0 Å². The molecular weight excluding hydrogens is 266 g/mol. The molecule has 1 aliphatic heterocycles. The van der Waals surface area contributed by atoms with Gasteiger partial charge in [-0.15, -0.1) is 0 Å². The number of pyridine rings is 2. The number of aromatic nitrogens is 2. The summed E-state index contributed by atoms with van der Waals surface area (Å²) in [6, 6.07) is 4.08. The molecular formula is C12H12BrN3. The van der Waals surface area contributed by atoms with Crippen molar-refractivity contribution >= 4 is 32.7 Å². The van der Waals surface area contributed by atoms with Crippen LogP contribution in [-0.4, -0.2) is 23.1 Å². The summed E-state index contributed by atoms with van der Waals surface area (Å²) in [5.41, 5.74) is 3.18. The Bertz CT molecular complexity index is 521. The van der Waals surface area contributed by atoms with Gasteiger partial charge >= 0.3 is 0 Å². The van der Waals surface area contributed by atoms with Crippen LogP contribution in [0.1, 0.15) is 12.8 Å². The van der Waals surface area contributed by atoms with Crippen LogP contribution in [0.25, 0.3) is 11.0 Å². The Morgan fingerprint density at radius 3 is 2.81 bits per heavy atom. The van der Waals surface area contributed by atoms with Gasteiger partial charge in [-0.2, -0.15) is 0 Å². The summed E-state index contributed by atoms with van der Waals surface area (Å²) in [6.07, 6.45) is 6.26. The third-order valence-electron chi connectivity index (χ3n) is 2.97. The monoisotopic (exact) mass is 277 g/mol. The molecule has 1 aliphatic rings. The molecule has 2 aromatic heterocycles.